The topological polar surface area (TPSA) is 35.6 Å². The molecule has 1 aromatic carbocycles. The van der Waals surface area contributed by atoms with Gasteiger partial charge in [0.25, 0.3) is 0 Å². The molecule has 2 fully saturated rings. The van der Waals surface area contributed by atoms with E-state index < -0.39 is 0 Å². The third kappa shape index (κ3) is 5.28. The number of halogens is 1. The van der Waals surface area contributed by atoms with Crippen molar-refractivity contribution in [2.75, 3.05) is 39.3 Å². The average Bonchev–Trinajstić information content (AvgIpc) is 3.09. The van der Waals surface area contributed by atoms with E-state index in [2.05, 4.69) is 15.1 Å². The Hall–Kier alpha value is -1.46. The van der Waals surface area contributed by atoms with Gasteiger partial charge in [-0.15, -0.1) is 0 Å². The summed E-state index contributed by atoms with van der Waals surface area (Å²) in [7, 11) is 0. The van der Waals surface area contributed by atoms with Crippen LogP contribution in [0.4, 0.5) is 4.39 Å². The summed E-state index contributed by atoms with van der Waals surface area (Å²) in [6, 6.07) is 6.26. The molecule has 5 heteroatoms. The highest BCUT2D eigenvalue weighted by Crippen LogP contribution is 2.20. The van der Waals surface area contributed by atoms with Crippen LogP contribution >= 0.6 is 0 Å². The minimum atomic E-state index is -0.248. The van der Waals surface area contributed by atoms with Crippen LogP contribution in [0.2, 0.25) is 0 Å². The lowest BCUT2D eigenvalue weighted by Gasteiger charge is -2.33. The van der Waals surface area contributed by atoms with Crippen LogP contribution in [0.5, 0.6) is 0 Å². The van der Waals surface area contributed by atoms with Gasteiger partial charge in [-0.2, -0.15) is 0 Å². The molecule has 0 radical (unpaired) electrons. The largest absolute Gasteiger partial charge is 0.351 e. The molecule has 132 valence electrons. The number of benzene rings is 1. The third-order valence-electron chi connectivity index (χ3n) is 5.19. The van der Waals surface area contributed by atoms with Crippen molar-refractivity contribution in [2.24, 2.45) is 5.92 Å². The van der Waals surface area contributed by atoms with E-state index in [-0.39, 0.29) is 11.7 Å². The van der Waals surface area contributed by atoms with Gasteiger partial charge >= 0.3 is 0 Å². The monoisotopic (exact) mass is 333 g/mol. The lowest BCUT2D eigenvalue weighted by molar-refractivity contribution is -0.122. The molecule has 24 heavy (non-hydrogen) atoms. The molecule has 1 amide bonds. The Morgan fingerprint density at radius 3 is 2.38 bits per heavy atom. The molecular formula is C19H28FN3O. The van der Waals surface area contributed by atoms with Gasteiger partial charge in [-0.25, -0.2) is 4.39 Å². The highest BCUT2D eigenvalue weighted by Gasteiger charge is 2.23. The van der Waals surface area contributed by atoms with Gasteiger partial charge in [0.1, 0.15) is 5.82 Å². The van der Waals surface area contributed by atoms with Gasteiger partial charge in [0.15, 0.2) is 0 Å². The van der Waals surface area contributed by atoms with Crippen molar-refractivity contribution < 1.29 is 9.18 Å². The van der Waals surface area contributed by atoms with Crippen molar-refractivity contribution in [3.05, 3.63) is 35.6 Å². The fraction of sp³-hybridized carbons (Fsp3) is 0.632. The number of rotatable bonds is 6. The number of piperidine rings is 1. The summed E-state index contributed by atoms with van der Waals surface area (Å²) in [5.74, 6) is 0.598. The quantitative estimate of drug-likeness (QED) is 0.867. The zero-order valence-corrected chi connectivity index (χ0v) is 14.3. The molecule has 0 unspecified atom stereocenters. The Labute approximate surface area is 144 Å². The molecule has 0 atom stereocenters. The van der Waals surface area contributed by atoms with Gasteiger partial charge in [-0.1, -0.05) is 12.1 Å². The molecule has 0 aromatic heterocycles. The van der Waals surface area contributed by atoms with Crippen LogP contribution in [0.3, 0.4) is 0 Å². The van der Waals surface area contributed by atoms with Crippen molar-refractivity contribution in [3.8, 4) is 0 Å². The van der Waals surface area contributed by atoms with Crippen molar-refractivity contribution >= 4 is 5.91 Å². The maximum absolute atomic E-state index is 12.9. The molecule has 1 aromatic rings. The maximum atomic E-state index is 12.9. The van der Waals surface area contributed by atoms with Crippen LogP contribution in [0.1, 0.15) is 31.2 Å². The first-order chi connectivity index (χ1) is 11.7. The molecule has 0 aliphatic carbocycles. The smallest absolute Gasteiger partial charge is 0.234 e. The Morgan fingerprint density at radius 2 is 1.71 bits per heavy atom. The lowest BCUT2D eigenvalue weighted by atomic mass is 9.96. The standard InChI is InChI=1S/C19H28FN3O/c20-18-5-3-16(4-6-18)13-21-19(24)15-23-11-7-17(8-12-23)14-22-9-1-2-10-22/h3-6,17H,1-2,7-15H2,(H,21,24). The molecule has 2 heterocycles. The van der Waals surface area contributed by atoms with Crippen molar-refractivity contribution in [3.63, 3.8) is 0 Å². The molecule has 2 saturated heterocycles. The third-order valence-corrected chi connectivity index (χ3v) is 5.19. The first-order valence-corrected chi connectivity index (χ1v) is 9.15. The molecule has 3 rings (SSSR count). The van der Waals surface area contributed by atoms with Gasteiger partial charge in [0.05, 0.1) is 6.54 Å². The van der Waals surface area contributed by atoms with E-state index in [1.54, 1.807) is 12.1 Å². The van der Waals surface area contributed by atoms with Crippen molar-refractivity contribution in [1.29, 1.82) is 0 Å². The van der Waals surface area contributed by atoms with Crippen LogP contribution in [-0.2, 0) is 11.3 Å². The number of carbonyl (C=O) groups is 1. The highest BCUT2D eigenvalue weighted by atomic mass is 19.1. The van der Waals surface area contributed by atoms with E-state index in [4.69, 9.17) is 0 Å². The number of hydrogen-bond acceptors (Lipinski definition) is 3. The first-order valence-electron chi connectivity index (χ1n) is 9.15. The number of nitrogens with one attached hydrogen (secondary N) is 1. The zero-order valence-electron chi connectivity index (χ0n) is 14.3. The van der Waals surface area contributed by atoms with E-state index >= 15 is 0 Å². The van der Waals surface area contributed by atoms with Crippen LogP contribution < -0.4 is 5.32 Å². The summed E-state index contributed by atoms with van der Waals surface area (Å²) >= 11 is 0. The molecule has 2 aliphatic rings. The summed E-state index contributed by atoms with van der Waals surface area (Å²) in [6.07, 6.45) is 5.10. The van der Waals surface area contributed by atoms with E-state index in [9.17, 15) is 9.18 Å². The van der Waals surface area contributed by atoms with E-state index in [1.807, 2.05) is 0 Å². The van der Waals surface area contributed by atoms with Gasteiger partial charge in [-0.3, -0.25) is 9.69 Å². The normalized spacial score (nSPS) is 20.4. The van der Waals surface area contributed by atoms with Gasteiger partial charge in [0.2, 0.25) is 5.91 Å². The van der Waals surface area contributed by atoms with Crippen LogP contribution in [-0.4, -0.2) is 55.0 Å². The molecule has 0 spiro atoms. The zero-order chi connectivity index (χ0) is 16.8. The lowest BCUT2D eigenvalue weighted by Crippen LogP contribution is -2.43. The molecule has 4 nitrogen and oxygen atoms in total. The fourth-order valence-corrected chi connectivity index (χ4v) is 3.72. The second kappa shape index (κ2) is 8.58. The molecule has 2 aliphatic heterocycles. The van der Waals surface area contributed by atoms with Crippen molar-refractivity contribution in [2.45, 2.75) is 32.2 Å². The SMILES string of the molecule is O=C(CN1CCC(CN2CCCC2)CC1)NCc1ccc(F)cc1. The molecule has 0 saturated carbocycles. The fourth-order valence-electron chi connectivity index (χ4n) is 3.72. The predicted molar refractivity (Wildman–Crippen MR) is 93.1 cm³/mol. The Morgan fingerprint density at radius 1 is 1.04 bits per heavy atom. The molecule has 1 N–H and O–H groups in total. The van der Waals surface area contributed by atoms with Crippen LogP contribution in [0.25, 0.3) is 0 Å². The highest BCUT2D eigenvalue weighted by molar-refractivity contribution is 5.78. The minimum Gasteiger partial charge on any atom is -0.351 e. The van der Waals surface area contributed by atoms with Gasteiger partial charge in [-0.05, 0) is 75.5 Å². The van der Waals surface area contributed by atoms with Crippen LogP contribution in [0.15, 0.2) is 24.3 Å². The number of likely N-dealkylation sites (tertiary alicyclic amines) is 2. The second-order valence-electron chi connectivity index (χ2n) is 7.13. The minimum absolute atomic E-state index is 0.0531. The summed E-state index contributed by atoms with van der Waals surface area (Å²) in [5.41, 5.74) is 0.925. The van der Waals surface area contributed by atoms with Gasteiger partial charge in [0, 0.05) is 13.1 Å². The summed E-state index contributed by atoms with van der Waals surface area (Å²) in [6.45, 7) is 6.75. The second-order valence-corrected chi connectivity index (χ2v) is 7.13. The average molecular weight is 333 g/mol. The number of carbonyl (C=O) groups excluding carboxylic acids is 1. The Balaban J connectivity index is 1.33. The number of amides is 1. The van der Waals surface area contributed by atoms with E-state index in [1.165, 1.54) is 57.5 Å². The number of nitrogens with zero attached hydrogens (tertiary/aromatic N) is 2. The number of hydrogen-bond donors (Lipinski definition) is 1. The predicted octanol–water partition coefficient (Wildman–Crippen LogP) is 2.25. The summed E-state index contributed by atoms with van der Waals surface area (Å²) in [5, 5.41) is 2.92. The van der Waals surface area contributed by atoms with Crippen LogP contribution in [0, 0.1) is 11.7 Å². The maximum Gasteiger partial charge on any atom is 0.234 e. The Bertz CT molecular complexity index is 520. The molecular weight excluding hydrogens is 305 g/mol. The van der Waals surface area contributed by atoms with E-state index in [0.717, 1.165) is 24.6 Å². The van der Waals surface area contributed by atoms with Gasteiger partial charge < -0.3 is 10.2 Å². The summed E-state index contributed by atoms with van der Waals surface area (Å²) in [4.78, 5) is 16.9. The summed E-state index contributed by atoms with van der Waals surface area (Å²) < 4.78 is 12.9. The first kappa shape index (κ1) is 17.4. The molecule has 0 bridgehead atoms. The Kier molecular flexibility index (Phi) is 6.21. The van der Waals surface area contributed by atoms with E-state index in [0.29, 0.717) is 13.1 Å². The van der Waals surface area contributed by atoms with Crippen molar-refractivity contribution in [1.82, 2.24) is 15.1 Å².